The van der Waals surface area contributed by atoms with Crippen LogP contribution in [0, 0.1) is 16.7 Å². The molecule has 1 amide bonds. The molecule has 1 aliphatic heterocycles. The Labute approximate surface area is 167 Å². The number of carbonyl (C=O) groups excluding carboxylic acids is 1. The molecule has 4 nitrogen and oxygen atoms in total. The molecule has 27 heavy (non-hydrogen) atoms. The van der Waals surface area contributed by atoms with Gasteiger partial charge in [-0.15, -0.1) is 11.6 Å². The van der Waals surface area contributed by atoms with Gasteiger partial charge in [-0.2, -0.15) is 0 Å². The minimum Gasteiger partial charge on any atom is -0.314 e. The number of rotatable bonds is 5. The van der Waals surface area contributed by atoms with Crippen LogP contribution in [0.15, 0.2) is 30.3 Å². The number of amides is 1. The van der Waals surface area contributed by atoms with Gasteiger partial charge in [0.15, 0.2) is 0 Å². The second-order valence-corrected chi connectivity index (χ2v) is 9.84. The first-order valence-corrected chi connectivity index (χ1v) is 11.0. The van der Waals surface area contributed by atoms with E-state index in [4.69, 9.17) is 11.6 Å². The molecular formula is C22H30ClN3O. The largest absolute Gasteiger partial charge is 0.314 e. The van der Waals surface area contributed by atoms with E-state index >= 15 is 0 Å². The summed E-state index contributed by atoms with van der Waals surface area (Å²) in [6.07, 6.45) is 6.57. The molecule has 4 aliphatic carbocycles. The molecule has 5 aliphatic rings. The topological polar surface area (TPSA) is 44.4 Å². The van der Waals surface area contributed by atoms with E-state index in [9.17, 15) is 4.79 Å². The van der Waals surface area contributed by atoms with Gasteiger partial charge in [-0.3, -0.25) is 10.2 Å². The highest BCUT2D eigenvalue weighted by molar-refractivity contribution is 6.17. The van der Waals surface area contributed by atoms with Gasteiger partial charge in [0.2, 0.25) is 5.91 Å². The molecule has 0 spiro atoms. The molecule has 1 heterocycles. The summed E-state index contributed by atoms with van der Waals surface area (Å²) in [6.45, 7) is 3.66. The van der Waals surface area contributed by atoms with Gasteiger partial charge in [0, 0.05) is 32.1 Å². The molecule has 4 saturated carbocycles. The fraction of sp³-hybridized carbons (Fsp3) is 0.682. The predicted molar refractivity (Wildman–Crippen MR) is 107 cm³/mol. The Balaban J connectivity index is 1.50. The maximum atomic E-state index is 13.7. The third-order valence-electron chi connectivity index (χ3n) is 8.10. The minimum atomic E-state index is -0.245. The molecule has 0 aromatic heterocycles. The molecule has 1 aromatic carbocycles. The third-order valence-corrected chi connectivity index (χ3v) is 8.29. The van der Waals surface area contributed by atoms with Crippen molar-refractivity contribution < 1.29 is 4.79 Å². The van der Waals surface area contributed by atoms with E-state index in [2.05, 4.69) is 46.1 Å². The van der Waals surface area contributed by atoms with Gasteiger partial charge in [-0.1, -0.05) is 30.3 Å². The van der Waals surface area contributed by atoms with Gasteiger partial charge in [0.1, 0.15) is 0 Å². The van der Waals surface area contributed by atoms with Crippen LogP contribution in [-0.4, -0.2) is 43.0 Å². The molecular weight excluding hydrogens is 358 g/mol. The number of carbonyl (C=O) groups is 1. The summed E-state index contributed by atoms with van der Waals surface area (Å²) in [4.78, 5) is 13.7. The number of halogens is 1. The number of hydrogen-bond acceptors (Lipinski definition) is 3. The summed E-state index contributed by atoms with van der Waals surface area (Å²) >= 11 is 6.31. The summed E-state index contributed by atoms with van der Waals surface area (Å²) in [6, 6.07) is 11.0. The standard InChI is InChI=1S/C22H30ClN3O/c23-7-6-21-13-17-12-20(15-21,18-4-2-1-3-5-18)16-22(21,14-17)19(27)25-26-10-8-24-9-11-26/h1-5,17,24H,6-16H2,(H,25,27)/t17?,20-,21-,22?/m1/s1. The third kappa shape index (κ3) is 2.60. The number of hydrogen-bond donors (Lipinski definition) is 2. The van der Waals surface area contributed by atoms with Crippen LogP contribution >= 0.6 is 11.6 Å². The Kier molecular flexibility index (Phi) is 4.30. The Morgan fingerprint density at radius 3 is 2.67 bits per heavy atom. The molecule has 146 valence electrons. The second-order valence-electron chi connectivity index (χ2n) is 9.46. The lowest BCUT2D eigenvalue weighted by Crippen LogP contribution is -2.57. The zero-order chi connectivity index (χ0) is 18.5. The SMILES string of the molecule is O=C(NN1CCNCC1)C12CC3C[C@](c4ccccc4)(C1)C[C@@]2(CCCl)C3. The molecule has 5 fully saturated rings. The molecule has 5 heteroatoms. The number of benzene rings is 1. The lowest BCUT2D eigenvalue weighted by atomic mass is 9.63. The molecule has 2 N–H and O–H groups in total. The minimum absolute atomic E-state index is 0.0750. The van der Waals surface area contributed by atoms with Crippen molar-refractivity contribution in [2.45, 2.75) is 43.9 Å². The monoisotopic (exact) mass is 387 g/mol. The molecule has 4 atom stereocenters. The number of nitrogens with one attached hydrogen (secondary N) is 2. The first-order chi connectivity index (χ1) is 13.1. The van der Waals surface area contributed by atoms with Crippen LogP contribution in [0.4, 0.5) is 0 Å². The molecule has 1 saturated heterocycles. The Hall–Kier alpha value is -1.10. The van der Waals surface area contributed by atoms with E-state index in [1.165, 1.54) is 18.4 Å². The molecule has 2 unspecified atom stereocenters. The Morgan fingerprint density at radius 1 is 1.15 bits per heavy atom. The average Bonchev–Trinajstić information content (AvgIpc) is 3.03. The first kappa shape index (κ1) is 18.0. The van der Waals surface area contributed by atoms with Crippen molar-refractivity contribution in [1.29, 1.82) is 0 Å². The van der Waals surface area contributed by atoms with E-state index in [1.807, 2.05) is 0 Å². The smallest absolute Gasteiger partial charge is 0.241 e. The van der Waals surface area contributed by atoms with Gasteiger partial charge >= 0.3 is 0 Å². The summed E-state index contributed by atoms with van der Waals surface area (Å²) in [5.74, 6) is 1.58. The first-order valence-electron chi connectivity index (χ1n) is 10.5. The van der Waals surface area contributed by atoms with Crippen LogP contribution in [0.5, 0.6) is 0 Å². The van der Waals surface area contributed by atoms with E-state index in [1.54, 1.807) is 0 Å². The normalized spacial score (nSPS) is 40.4. The van der Waals surface area contributed by atoms with Gasteiger partial charge in [0.05, 0.1) is 5.41 Å². The maximum absolute atomic E-state index is 13.7. The number of alkyl halides is 1. The van der Waals surface area contributed by atoms with Crippen molar-refractivity contribution in [3.05, 3.63) is 35.9 Å². The highest BCUT2D eigenvalue weighted by atomic mass is 35.5. The Bertz CT molecular complexity index is 722. The number of piperazine rings is 1. The quantitative estimate of drug-likeness (QED) is 0.763. The van der Waals surface area contributed by atoms with E-state index in [-0.39, 0.29) is 22.2 Å². The molecule has 4 bridgehead atoms. The van der Waals surface area contributed by atoms with Crippen LogP contribution < -0.4 is 10.7 Å². The zero-order valence-corrected chi connectivity index (χ0v) is 16.7. The van der Waals surface area contributed by atoms with E-state index in [0.29, 0.717) is 11.8 Å². The van der Waals surface area contributed by atoms with Crippen molar-refractivity contribution >= 4 is 17.5 Å². The second kappa shape index (κ2) is 6.47. The van der Waals surface area contributed by atoms with Gasteiger partial charge < -0.3 is 5.32 Å². The van der Waals surface area contributed by atoms with Crippen molar-refractivity contribution in [2.24, 2.45) is 16.7 Å². The van der Waals surface area contributed by atoms with Crippen LogP contribution in [0.3, 0.4) is 0 Å². The fourth-order valence-corrected chi connectivity index (χ4v) is 7.69. The number of nitrogens with zero attached hydrogens (tertiary/aromatic N) is 1. The van der Waals surface area contributed by atoms with Crippen LogP contribution in [-0.2, 0) is 10.2 Å². The Morgan fingerprint density at radius 2 is 1.93 bits per heavy atom. The summed E-state index contributed by atoms with van der Waals surface area (Å²) < 4.78 is 0. The highest BCUT2D eigenvalue weighted by Crippen LogP contribution is 2.77. The fourth-order valence-electron chi connectivity index (χ4n) is 7.32. The predicted octanol–water partition coefficient (Wildman–Crippen LogP) is 3.07. The van der Waals surface area contributed by atoms with Crippen molar-refractivity contribution in [1.82, 2.24) is 15.8 Å². The maximum Gasteiger partial charge on any atom is 0.241 e. The average molecular weight is 388 g/mol. The summed E-state index contributed by atoms with van der Waals surface area (Å²) in [5, 5.41) is 5.48. The number of hydrazine groups is 1. The lowest BCUT2D eigenvalue weighted by Gasteiger charge is -2.41. The highest BCUT2D eigenvalue weighted by Gasteiger charge is 2.74. The van der Waals surface area contributed by atoms with E-state index < -0.39 is 0 Å². The van der Waals surface area contributed by atoms with Crippen molar-refractivity contribution in [2.75, 3.05) is 32.1 Å². The molecule has 6 rings (SSSR count). The van der Waals surface area contributed by atoms with Crippen LogP contribution in [0.25, 0.3) is 0 Å². The van der Waals surface area contributed by atoms with Gasteiger partial charge in [0.25, 0.3) is 0 Å². The van der Waals surface area contributed by atoms with Crippen LogP contribution in [0.2, 0.25) is 0 Å². The van der Waals surface area contributed by atoms with E-state index in [0.717, 1.165) is 51.9 Å². The molecule has 1 aromatic rings. The summed E-state index contributed by atoms with van der Waals surface area (Å²) in [5.41, 5.74) is 4.76. The summed E-state index contributed by atoms with van der Waals surface area (Å²) in [7, 11) is 0. The van der Waals surface area contributed by atoms with Crippen LogP contribution in [0.1, 0.15) is 44.1 Å². The van der Waals surface area contributed by atoms with Gasteiger partial charge in [-0.05, 0) is 60.8 Å². The molecule has 0 radical (unpaired) electrons. The van der Waals surface area contributed by atoms with Crippen molar-refractivity contribution in [3.8, 4) is 0 Å². The zero-order valence-electron chi connectivity index (χ0n) is 16.0. The lowest BCUT2D eigenvalue weighted by molar-refractivity contribution is -0.142. The van der Waals surface area contributed by atoms with Gasteiger partial charge in [-0.25, -0.2) is 5.01 Å². The van der Waals surface area contributed by atoms with Crippen molar-refractivity contribution in [3.63, 3.8) is 0 Å².